The molecule has 7 nitrogen and oxygen atoms in total. The third-order valence-corrected chi connectivity index (χ3v) is 9.72. The number of hydrogen-bond donors (Lipinski definition) is 2. The molecule has 6 rings (SSSR count). The predicted octanol–water partition coefficient (Wildman–Crippen LogP) is 6.54. The number of rotatable bonds is 10. The molecule has 1 amide bonds. The molecule has 1 saturated heterocycles. The van der Waals surface area contributed by atoms with Gasteiger partial charge in [0.1, 0.15) is 5.75 Å². The first-order chi connectivity index (χ1) is 20.3. The van der Waals surface area contributed by atoms with Crippen LogP contribution in [0.4, 0.5) is 0 Å². The summed E-state index contributed by atoms with van der Waals surface area (Å²) in [5.41, 5.74) is 5.41. The van der Waals surface area contributed by atoms with Gasteiger partial charge in [0.05, 0.1) is 28.4 Å². The van der Waals surface area contributed by atoms with E-state index in [1.807, 2.05) is 49.1 Å². The Morgan fingerprint density at radius 2 is 1.88 bits per heavy atom. The van der Waals surface area contributed by atoms with E-state index < -0.39 is 0 Å². The van der Waals surface area contributed by atoms with Gasteiger partial charge in [-0.2, -0.15) is 0 Å². The normalized spacial score (nSPS) is 20.1. The molecule has 2 N–H and O–H groups in total. The lowest BCUT2D eigenvalue weighted by Gasteiger charge is -2.40. The first-order valence-corrected chi connectivity index (χ1v) is 15.7. The lowest BCUT2D eigenvalue weighted by Crippen LogP contribution is -2.59. The smallest absolute Gasteiger partial charge is 0.252 e. The molecule has 2 bridgehead atoms. The fourth-order valence-corrected chi connectivity index (χ4v) is 6.45. The van der Waals surface area contributed by atoms with Crippen molar-refractivity contribution in [2.75, 3.05) is 19.7 Å². The topological polar surface area (TPSA) is 79.6 Å². The largest absolute Gasteiger partial charge is 0.494 e. The summed E-state index contributed by atoms with van der Waals surface area (Å²) < 4.78 is 11.9. The minimum atomic E-state index is -0.107. The van der Waals surface area contributed by atoms with E-state index in [2.05, 4.69) is 15.8 Å². The van der Waals surface area contributed by atoms with Crippen molar-refractivity contribution >= 4 is 46.3 Å². The van der Waals surface area contributed by atoms with E-state index in [0.29, 0.717) is 48.3 Å². The van der Waals surface area contributed by atoms with Gasteiger partial charge in [-0.15, -0.1) is 0 Å². The van der Waals surface area contributed by atoms with Crippen molar-refractivity contribution in [2.45, 2.75) is 70.6 Å². The van der Waals surface area contributed by atoms with Gasteiger partial charge in [0.2, 0.25) is 0 Å². The number of carbonyl (C=O) groups is 1. The number of nitrogens with one attached hydrogen (secondary N) is 2. The van der Waals surface area contributed by atoms with Crippen LogP contribution in [0.3, 0.4) is 0 Å². The second-order valence-electron chi connectivity index (χ2n) is 11.6. The van der Waals surface area contributed by atoms with Gasteiger partial charge in [-0.1, -0.05) is 52.1 Å². The van der Waals surface area contributed by atoms with E-state index in [4.69, 9.17) is 44.1 Å². The molecule has 2 atom stereocenters. The van der Waals surface area contributed by atoms with E-state index >= 15 is 0 Å². The average molecular weight is 630 g/mol. The highest BCUT2D eigenvalue weighted by Gasteiger charge is 2.42. The molecule has 10 heteroatoms. The van der Waals surface area contributed by atoms with Crippen molar-refractivity contribution in [1.82, 2.24) is 20.7 Å². The van der Waals surface area contributed by atoms with Gasteiger partial charge in [0.15, 0.2) is 5.76 Å². The van der Waals surface area contributed by atoms with Crippen LogP contribution in [-0.2, 0) is 17.8 Å². The summed E-state index contributed by atoms with van der Waals surface area (Å²) in [4.78, 5) is 16.3. The molecule has 2 aliphatic heterocycles. The Kier molecular flexibility index (Phi) is 8.85. The number of hydrogen-bond acceptors (Lipinski definition) is 6. The Morgan fingerprint density at radius 1 is 1.10 bits per heavy atom. The van der Waals surface area contributed by atoms with Crippen LogP contribution < -0.4 is 15.4 Å². The summed E-state index contributed by atoms with van der Waals surface area (Å²) in [6.07, 6.45) is 4.14. The number of ether oxygens (including phenoxy) is 1. The number of nitrogens with zero attached hydrogens (tertiary/aromatic N) is 2. The van der Waals surface area contributed by atoms with E-state index in [0.717, 1.165) is 70.1 Å². The molecule has 3 aliphatic rings. The van der Waals surface area contributed by atoms with Crippen LogP contribution in [0.25, 0.3) is 5.57 Å². The standard InChI is InChI=1S/C32H35Cl3N4O3/c1-18-11-24(12-19(2)30(18)34)41-10-4-6-21-14-28(42-38-21)25-13-22-15-36-16-27(37-22)29(25)32(40)39(23-8-9-23)17-20-5-3-7-26(33)31(20)35/h3,5,7,11-12,14,22-23,27,36-37H,4,6,8-10,13,15-17H2,1-2H3/t22-,27-/m1/s1. The highest BCUT2D eigenvalue weighted by atomic mass is 35.5. The monoisotopic (exact) mass is 628 g/mol. The molecular weight excluding hydrogens is 595 g/mol. The zero-order chi connectivity index (χ0) is 29.4. The second-order valence-corrected chi connectivity index (χ2v) is 12.7. The molecule has 0 spiro atoms. The lowest BCUT2D eigenvalue weighted by molar-refractivity contribution is -0.128. The third-order valence-electron chi connectivity index (χ3n) is 8.26. The van der Waals surface area contributed by atoms with Crippen LogP contribution in [0.2, 0.25) is 15.1 Å². The first kappa shape index (κ1) is 29.5. The lowest BCUT2D eigenvalue weighted by atomic mass is 9.85. The number of aryl methyl sites for hydroxylation is 3. The summed E-state index contributed by atoms with van der Waals surface area (Å²) in [6.45, 7) is 6.45. The number of fused-ring (bicyclic) bond motifs is 2. The molecule has 0 unspecified atom stereocenters. The maximum absolute atomic E-state index is 14.3. The van der Waals surface area contributed by atoms with Gasteiger partial charge in [-0.25, -0.2) is 0 Å². The molecule has 0 radical (unpaired) electrons. The number of halogens is 3. The molecule has 1 aromatic heterocycles. The molecular formula is C32H35Cl3N4O3. The SMILES string of the molecule is Cc1cc(OCCCc2cc(C3=C(C(=O)N(Cc4cccc(Cl)c4Cl)C4CC4)[C@H]4CNC[C@@H](C3)N4)on2)cc(C)c1Cl. The number of aromatic nitrogens is 1. The number of benzene rings is 2. The Labute approximate surface area is 261 Å². The minimum Gasteiger partial charge on any atom is -0.494 e. The predicted molar refractivity (Wildman–Crippen MR) is 166 cm³/mol. The Balaban J connectivity index is 1.20. The molecule has 1 saturated carbocycles. The Bertz CT molecular complexity index is 1490. The molecule has 2 fully saturated rings. The molecule has 42 heavy (non-hydrogen) atoms. The summed E-state index contributed by atoms with van der Waals surface area (Å²) in [5, 5.41) is 13.3. The zero-order valence-corrected chi connectivity index (χ0v) is 26.1. The molecule has 1 aliphatic carbocycles. The fourth-order valence-electron chi connectivity index (χ4n) is 5.97. The summed E-state index contributed by atoms with van der Waals surface area (Å²) in [5.74, 6) is 1.51. The van der Waals surface area contributed by atoms with Crippen LogP contribution in [-0.4, -0.2) is 53.8 Å². The van der Waals surface area contributed by atoms with Crippen LogP contribution >= 0.6 is 34.8 Å². The van der Waals surface area contributed by atoms with Crippen molar-refractivity contribution < 1.29 is 14.1 Å². The van der Waals surface area contributed by atoms with Crippen LogP contribution in [0, 0.1) is 13.8 Å². The number of amides is 1. The van der Waals surface area contributed by atoms with Gasteiger partial charge in [-0.05, 0) is 80.8 Å². The quantitative estimate of drug-likeness (QED) is 0.248. The van der Waals surface area contributed by atoms with Crippen LogP contribution in [0.1, 0.15) is 53.8 Å². The van der Waals surface area contributed by atoms with Crippen molar-refractivity contribution in [3.8, 4) is 5.75 Å². The van der Waals surface area contributed by atoms with Crippen molar-refractivity contribution in [1.29, 1.82) is 0 Å². The molecule has 3 heterocycles. The maximum Gasteiger partial charge on any atom is 0.252 e. The number of carbonyl (C=O) groups excluding carboxylic acids is 1. The first-order valence-electron chi connectivity index (χ1n) is 14.6. The maximum atomic E-state index is 14.3. The van der Waals surface area contributed by atoms with Gasteiger partial charge >= 0.3 is 0 Å². The van der Waals surface area contributed by atoms with E-state index in [1.54, 1.807) is 6.07 Å². The van der Waals surface area contributed by atoms with Gasteiger partial charge in [-0.3, -0.25) is 4.79 Å². The summed E-state index contributed by atoms with van der Waals surface area (Å²) in [6, 6.07) is 11.8. The third kappa shape index (κ3) is 6.36. The molecule has 2 aromatic carbocycles. The van der Waals surface area contributed by atoms with Crippen molar-refractivity contribution in [3.63, 3.8) is 0 Å². The second kappa shape index (κ2) is 12.6. The molecule has 222 valence electrons. The van der Waals surface area contributed by atoms with E-state index in [9.17, 15) is 4.79 Å². The average Bonchev–Trinajstić information content (AvgIpc) is 3.71. The minimum absolute atomic E-state index is 0.0168. The summed E-state index contributed by atoms with van der Waals surface area (Å²) in [7, 11) is 0. The summed E-state index contributed by atoms with van der Waals surface area (Å²) >= 11 is 19.1. The number of piperazine rings is 1. The highest BCUT2D eigenvalue weighted by molar-refractivity contribution is 6.42. The van der Waals surface area contributed by atoms with E-state index in [-0.39, 0.29) is 24.0 Å². The fraction of sp³-hybridized carbons (Fsp3) is 0.438. The van der Waals surface area contributed by atoms with Crippen LogP contribution in [0.15, 0.2) is 46.5 Å². The van der Waals surface area contributed by atoms with Crippen molar-refractivity contribution in [3.05, 3.63) is 85.2 Å². The molecule has 3 aromatic rings. The Hall–Kier alpha value is -2.55. The van der Waals surface area contributed by atoms with Crippen molar-refractivity contribution in [2.24, 2.45) is 0 Å². The van der Waals surface area contributed by atoms with E-state index in [1.165, 1.54) is 0 Å². The highest BCUT2D eigenvalue weighted by Crippen LogP contribution is 2.38. The van der Waals surface area contributed by atoms with Gasteiger partial charge in [0, 0.05) is 54.0 Å². The zero-order valence-electron chi connectivity index (χ0n) is 23.8. The van der Waals surface area contributed by atoms with Gasteiger partial charge in [0.25, 0.3) is 5.91 Å². The van der Waals surface area contributed by atoms with Crippen LogP contribution in [0.5, 0.6) is 5.75 Å². The Morgan fingerprint density at radius 3 is 2.64 bits per heavy atom. The van der Waals surface area contributed by atoms with Gasteiger partial charge < -0.3 is 24.8 Å².